The van der Waals surface area contributed by atoms with E-state index in [1.54, 1.807) is 10.8 Å². The topological polar surface area (TPSA) is 107 Å². The number of aromatic nitrogens is 5. The van der Waals surface area contributed by atoms with Crippen LogP contribution in [0.4, 0.5) is 5.13 Å². The number of hydrogen-bond acceptors (Lipinski definition) is 8. The van der Waals surface area contributed by atoms with Gasteiger partial charge in [0.15, 0.2) is 17.5 Å². The Kier molecular flexibility index (Phi) is 6.68. The van der Waals surface area contributed by atoms with Crippen molar-refractivity contribution in [3.05, 3.63) is 65.4 Å². The lowest BCUT2D eigenvalue weighted by Crippen LogP contribution is -2.27. The summed E-state index contributed by atoms with van der Waals surface area (Å²) in [5.41, 5.74) is 1.48. The molecule has 0 aliphatic carbocycles. The van der Waals surface area contributed by atoms with Crippen molar-refractivity contribution in [1.29, 1.82) is 0 Å². The van der Waals surface area contributed by atoms with Gasteiger partial charge in [-0.3, -0.25) is 4.79 Å². The summed E-state index contributed by atoms with van der Waals surface area (Å²) < 4.78 is 1.59. The average Bonchev–Trinajstić information content (AvgIpc) is 3.35. The number of nitrogens with zero attached hydrogens (tertiary/aromatic N) is 6. The van der Waals surface area contributed by atoms with Gasteiger partial charge in [0.2, 0.25) is 11.7 Å². The molecule has 0 spiro atoms. The van der Waals surface area contributed by atoms with Gasteiger partial charge >= 0.3 is 0 Å². The number of thiazole rings is 1. The molecule has 2 heterocycles. The lowest BCUT2D eigenvalue weighted by Gasteiger charge is -2.15. The SMILES string of the molecule is C=CCn1nnnc1/C(=N/OCc1csc(NC(=O)C(C)(C)C)n1)c1ccccc1. The van der Waals surface area contributed by atoms with Gasteiger partial charge in [-0.05, 0) is 10.4 Å². The second kappa shape index (κ2) is 9.40. The van der Waals surface area contributed by atoms with E-state index in [0.29, 0.717) is 28.9 Å². The number of oxime groups is 1. The highest BCUT2D eigenvalue weighted by molar-refractivity contribution is 7.13. The Bertz CT molecular complexity index is 1030. The maximum atomic E-state index is 12.1. The first-order valence-corrected chi connectivity index (χ1v) is 10.1. The lowest BCUT2D eigenvalue weighted by atomic mass is 9.96. The molecular weight excluding hydrogens is 402 g/mol. The predicted octanol–water partition coefficient (Wildman–Crippen LogP) is 3.27. The lowest BCUT2D eigenvalue weighted by molar-refractivity contribution is -0.123. The Hall–Kier alpha value is -3.40. The van der Waals surface area contributed by atoms with Crippen molar-refractivity contribution in [2.45, 2.75) is 33.9 Å². The summed E-state index contributed by atoms with van der Waals surface area (Å²) in [6, 6.07) is 9.52. The Morgan fingerprint density at radius 3 is 2.80 bits per heavy atom. The predicted molar refractivity (Wildman–Crippen MR) is 115 cm³/mol. The van der Waals surface area contributed by atoms with E-state index >= 15 is 0 Å². The van der Waals surface area contributed by atoms with E-state index in [2.05, 4.69) is 37.6 Å². The van der Waals surface area contributed by atoms with Crippen molar-refractivity contribution in [3.8, 4) is 0 Å². The quantitative estimate of drug-likeness (QED) is 0.337. The molecule has 30 heavy (non-hydrogen) atoms. The molecule has 0 saturated heterocycles. The van der Waals surface area contributed by atoms with Crippen LogP contribution in [-0.2, 0) is 22.8 Å². The number of anilines is 1. The van der Waals surface area contributed by atoms with E-state index in [-0.39, 0.29) is 12.5 Å². The van der Waals surface area contributed by atoms with E-state index in [4.69, 9.17) is 4.84 Å². The third kappa shape index (κ3) is 5.35. The molecular formula is C20H23N7O2S. The monoisotopic (exact) mass is 425 g/mol. The maximum absolute atomic E-state index is 12.1. The molecule has 156 valence electrons. The first-order valence-electron chi connectivity index (χ1n) is 9.27. The van der Waals surface area contributed by atoms with Crippen LogP contribution in [0.1, 0.15) is 37.9 Å². The molecule has 0 atom stereocenters. The van der Waals surface area contributed by atoms with Crippen LogP contribution in [0.25, 0.3) is 0 Å². The molecule has 0 radical (unpaired) electrons. The zero-order valence-electron chi connectivity index (χ0n) is 17.1. The Morgan fingerprint density at radius 1 is 1.33 bits per heavy atom. The Morgan fingerprint density at radius 2 is 2.10 bits per heavy atom. The van der Waals surface area contributed by atoms with Crippen LogP contribution < -0.4 is 5.32 Å². The van der Waals surface area contributed by atoms with E-state index in [9.17, 15) is 4.79 Å². The third-order valence-electron chi connectivity index (χ3n) is 3.91. The molecule has 0 bridgehead atoms. The summed E-state index contributed by atoms with van der Waals surface area (Å²) in [7, 11) is 0. The van der Waals surface area contributed by atoms with Crippen LogP contribution in [0.5, 0.6) is 0 Å². The highest BCUT2D eigenvalue weighted by atomic mass is 32.1. The summed E-state index contributed by atoms with van der Waals surface area (Å²) in [5, 5.41) is 21.2. The number of nitrogens with one attached hydrogen (secondary N) is 1. The molecule has 3 rings (SSSR count). The number of allylic oxidation sites excluding steroid dienone is 1. The molecule has 0 aliphatic heterocycles. The van der Waals surface area contributed by atoms with E-state index in [0.717, 1.165) is 5.56 Å². The van der Waals surface area contributed by atoms with Gasteiger partial charge in [0.25, 0.3) is 0 Å². The van der Waals surface area contributed by atoms with Gasteiger partial charge in [-0.1, -0.05) is 62.3 Å². The first-order chi connectivity index (χ1) is 14.4. The number of amides is 1. The van der Waals surface area contributed by atoms with Crippen molar-refractivity contribution in [3.63, 3.8) is 0 Å². The number of hydrogen-bond donors (Lipinski definition) is 1. The van der Waals surface area contributed by atoms with Crippen molar-refractivity contribution >= 4 is 28.1 Å². The highest BCUT2D eigenvalue weighted by Crippen LogP contribution is 2.21. The van der Waals surface area contributed by atoms with Gasteiger partial charge in [-0.25, -0.2) is 9.67 Å². The molecule has 2 aromatic heterocycles. The van der Waals surface area contributed by atoms with Crippen LogP contribution in [0.3, 0.4) is 0 Å². The molecule has 1 aromatic carbocycles. The van der Waals surface area contributed by atoms with Crippen LogP contribution in [0.2, 0.25) is 0 Å². The van der Waals surface area contributed by atoms with Gasteiger partial charge in [0.1, 0.15) is 0 Å². The second-order valence-electron chi connectivity index (χ2n) is 7.40. The van der Waals surface area contributed by atoms with Gasteiger partial charge in [0.05, 0.1) is 12.2 Å². The van der Waals surface area contributed by atoms with E-state index in [1.807, 2.05) is 56.5 Å². The van der Waals surface area contributed by atoms with Crippen LogP contribution in [-0.4, -0.2) is 36.8 Å². The maximum Gasteiger partial charge on any atom is 0.231 e. The molecule has 0 unspecified atom stereocenters. The Labute approximate surface area is 178 Å². The van der Waals surface area contributed by atoms with Crippen LogP contribution >= 0.6 is 11.3 Å². The molecule has 0 aliphatic rings. The smallest absolute Gasteiger partial charge is 0.231 e. The van der Waals surface area contributed by atoms with Crippen molar-refractivity contribution in [2.24, 2.45) is 10.6 Å². The number of carbonyl (C=O) groups excluding carboxylic acids is 1. The number of benzene rings is 1. The normalized spacial score (nSPS) is 11.9. The Balaban J connectivity index is 1.75. The summed E-state index contributed by atoms with van der Waals surface area (Å²) in [6.45, 7) is 9.85. The highest BCUT2D eigenvalue weighted by Gasteiger charge is 2.22. The number of carbonyl (C=O) groups is 1. The zero-order chi connectivity index (χ0) is 21.6. The average molecular weight is 426 g/mol. The fourth-order valence-corrected chi connectivity index (χ4v) is 3.01. The fourth-order valence-electron chi connectivity index (χ4n) is 2.32. The second-order valence-corrected chi connectivity index (χ2v) is 8.26. The summed E-state index contributed by atoms with van der Waals surface area (Å²) >= 11 is 1.34. The standard InChI is InChI=1S/C20H23N7O2S/c1-5-11-27-17(23-25-26-27)16(14-9-7-6-8-10-14)24-29-12-15-13-30-19(21-15)22-18(28)20(2,3)4/h5-10,13H,1,11-12H2,2-4H3,(H,21,22,28)/b24-16+. The third-order valence-corrected chi connectivity index (χ3v) is 4.72. The minimum absolute atomic E-state index is 0.0947. The largest absolute Gasteiger partial charge is 0.389 e. The van der Waals surface area contributed by atoms with Crippen molar-refractivity contribution in [2.75, 3.05) is 5.32 Å². The molecule has 9 nitrogen and oxygen atoms in total. The van der Waals surface area contributed by atoms with E-state index in [1.165, 1.54) is 11.3 Å². The molecule has 3 aromatic rings. The molecule has 0 saturated carbocycles. The fraction of sp³-hybridized carbons (Fsp3) is 0.300. The number of tetrazole rings is 1. The molecule has 1 N–H and O–H groups in total. The van der Waals surface area contributed by atoms with Gasteiger partial charge in [0, 0.05) is 16.4 Å². The molecule has 0 fully saturated rings. The van der Waals surface area contributed by atoms with Gasteiger partial charge < -0.3 is 10.2 Å². The molecule has 10 heteroatoms. The van der Waals surface area contributed by atoms with E-state index < -0.39 is 5.41 Å². The summed E-state index contributed by atoms with van der Waals surface area (Å²) in [5.74, 6) is 0.375. The van der Waals surface area contributed by atoms with Crippen LogP contribution in [0, 0.1) is 5.41 Å². The first kappa shape index (κ1) is 21.3. The molecule has 1 amide bonds. The van der Waals surface area contributed by atoms with Crippen molar-refractivity contribution < 1.29 is 9.63 Å². The summed E-state index contributed by atoms with van der Waals surface area (Å²) in [4.78, 5) is 22.0. The number of rotatable bonds is 8. The minimum Gasteiger partial charge on any atom is -0.389 e. The van der Waals surface area contributed by atoms with Gasteiger partial charge in [-0.15, -0.1) is 23.0 Å². The summed E-state index contributed by atoms with van der Waals surface area (Å²) in [6.07, 6.45) is 1.70. The van der Waals surface area contributed by atoms with Crippen LogP contribution in [0.15, 0.2) is 53.5 Å². The minimum atomic E-state index is -0.493. The van der Waals surface area contributed by atoms with Gasteiger partial charge in [-0.2, -0.15) is 0 Å². The zero-order valence-corrected chi connectivity index (χ0v) is 17.9. The van der Waals surface area contributed by atoms with Crippen molar-refractivity contribution in [1.82, 2.24) is 25.2 Å².